The number of aliphatic hydroxyl groups excluding tert-OH is 3. The number of fused-ring (bicyclic) bond motifs is 4. The van der Waals surface area contributed by atoms with E-state index in [1.54, 1.807) is 11.1 Å². The molecule has 5 spiro atoms. The van der Waals surface area contributed by atoms with E-state index in [1.165, 1.54) is 101 Å². The standard InChI is InChI=1S/C85H98N2O5/c1-79-35-13-36-81-48-65-64-44-52-16-10-19-55(43-52)57-26-31-72(87-49-57)86-41-12-22-60(54-17-6-3-7-18-54)58(50-88)25-30-70(77(91)92)83-40-34-66-73-56(47-80(66)38-32-53(46-80)42-51-14-4-2-5-15-51)24-29-67(81)75-68(33-39-82(83)37-11-23-69(76(83)90)85(73,75)82)84(78(79)81)59(45-71(79)89)27-28-63(74(65)84)61-20-8-9-21-62(61)64/h2,4-5,8-10,13-16,19-21,26-28,31,34,36,40,43,48,50,53-54,56,59-60,66-67,69-71,73-74,76,78,86-90H,3,6-7,11-12,17-18,22-25,29-30,32-33,35,37-39,41-42,44-47,49H2,1H3,(H,91,92). The molecule has 3 aromatic carbocycles. The molecule has 478 valence electrons. The fraction of sp³-hybridized carbons (Fsp3) is 0.565. The molecule has 20 unspecified atom stereocenters. The Morgan fingerprint density at radius 1 is 0.783 bits per heavy atom. The average Bonchev–Trinajstić information content (AvgIpc) is 1.27. The number of allylic oxidation sites excluding steroid dienone is 12. The fourth-order valence-electron chi connectivity index (χ4n) is 28.6. The van der Waals surface area contributed by atoms with Gasteiger partial charge in [-0.2, -0.15) is 0 Å². The van der Waals surface area contributed by atoms with Crippen molar-refractivity contribution in [1.29, 1.82) is 0 Å². The lowest BCUT2D eigenvalue weighted by Gasteiger charge is -2.78. The zero-order chi connectivity index (χ0) is 61.7. The molecule has 6 N–H and O–H groups in total. The number of nitrogens with one attached hydrogen (secondary N) is 2. The first-order valence-electron chi connectivity index (χ1n) is 37.2. The van der Waals surface area contributed by atoms with E-state index in [0.29, 0.717) is 36.5 Å². The Kier molecular flexibility index (Phi) is 12.9. The lowest BCUT2D eigenvalue weighted by molar-refractivity contribution is -0.200. The molecule has 4 aliphatic heterocycles. The molecule has 7 heteroatoms. The molecule has 0 saturated heterocycles. The van der Waals surface area contributed by atoms with Crippen molar-refractivity contribution >= 4 is 22.7 Å². The van der Waals surface area contributed by atoms with Crippen molar-refractivity contribution in [3.8, 4) is 0 Å². The van der Waals surface area contributed by atoms with Crippen molar-refractivity contribution in [1.82, 2.24) is 10.6 Å². The summed E-state index contributed by atoms with van der Waals surface area (Å²) in [6, 6.07) is 30.2. The second-order valence-electron chi connectivity index (χ2n) is 33.8. The number of carboxylic acid groups (broad SMARTS) is 1. The van der Waals surface area contributed by atoms with Gasteiger partial charge < -0.3 is 31.1 Å². The van der Waals surface area contributed by atoms with Gasteiger partial charge in [0.1, 0.15) is 0 Å². The highest BCUT2D eigenvalue weighted by atomic mass is 16.4. The van der Waals surface area contributed by atoms with E-state index in [2.05, 4.69) is 151 Å². The third-order valence-electron chi connectivity index (χ3n) is 31.0. The van der Waals surface area contributed by atoms with E-state index in [0.717, 1.165) is 121 Å². The Morgan fingerprint density at radius 2 is 1.64 bits per heavy atom. The minimum Gasteiger partial charge on any atom is -0.516 e. The summed E-state index contributed by atoms with van der Waals surface area (Å²) in [5.74, 6) is 2.14. The van der Waals surface area contributed by atoms with E-state index >= 15 is 4.79 Å². The summed E-state index contributed by atoms with van der Waals surface area (Å²) in [6.07, 6.45) is 47.5. The second-order valence-corrected chi connectivity index (χ2v) is 33.8. The minimum absolute atomic E-state index is 0.0721. The highest BCUT2D eigenvalue weighted by Crippen LogP contribution is 2.92. The van der Waals surface area contributed by atoms with Gasteiger partial charge in [-0.15, -0.1) is 0 Å². The smallest absolute Gasteiger partial charge is 0.307 e. The van der Waals surface area contributed by atoms with Crippen molar-refractivity contribution in [3.63, 3.8) is 0 Å². The van der Waals surface area contributed by atoms with Crippen LogP contribution >= 0.6 is 0 Å². The molecule has 14 aliphatic carbocycles. The maximum Gasteiger partial charge on any atom is 0.307 e. The van der Waals surface area contributed by atoms with Crippen LogP contribution in [0.3, 0.4) is 0 Å². The molecular weight excluding hydrogens is 1130 g/mol. The minimum atomic E-state index is -1.01. The fourth-order valence-corrected chi connectivity index (χ4v) is 28.6. The number of hydrogen-bond acceptors (Lipinski definition) is 6. The van der Waals surface area contributed by atoms with Gasteiger partial charge in [-0.25, -0.2) is 0 Å². The van der Waals surface area contributed by atoms with Crippen LogP contribution in [0.1, 0.15) is 165 Å². The van der Waals surface area contributed by atoms with Gasteiger partial charge >= 0.3 is 5.97 Å². The lowest BCUT2D eigenvalue weighted by Crippen LogP contribution is -2.73. The summed E-state index contributed by atoms with van der Waals surface area (Å²) in [7, 11) is 0. The third-order valence-corrected chi connectivity index (χ3v) is 31.0. The topological polar surface area (TPSA) is 122 Å². The number of carboxylic acids is 1. The van der Waals surface area contributed by atoms with Gasteiger partial charge in [0.05, 0.1) is 30.2 Å². The quantitative estimate of drug-likeness (QED) is 0.114. The zero-order valence-corrected chi connectivity index (χ0v) is 54.4. The summed E-state index contributed by atoms with van der Waals surface area (Å²) in [5.41, 5.74) is 11.4. The lowest BCUT2D eigenvalue weighted by atomic mass is 9.25. The van der Waals surface area contributed by atoms with Gasteiger partial charge in [0.2, 0.25) is 0 Å². The Balaban J connectivity index is 0.879. The van der Waals surface area contributed by atoms with Gasteiger partial charge in [0, 0.05) is 46.1 Å². The first kappa shape index (κ1) is 57.5. The molecule has 3 aromatic rings. The highest BCUT2D eigenvalue weighted by molar-refractivity contribution is 5.84. The molecule has 7 saturated carbocycles. The molecule has 18 aliphatic rings. The van der Waals surface area contributed by atoms with Crippen LogP contribution in [0.15, 0.2) is 168 Å². The molecule has 21 rings (SSSR count). The molecule has 0 radical (unpaired) electrons. The molecule has 0 amide bonds. The van der Waals surface area contributed by atoms with Crippen molar-refractivity contribution in [2.75, 3.05) is 13.1 Å². The Morgan fingerprint density at radius 3 is 2.48 bits per heavy atom. The van der Waals surface area contributed by atoms with Gasteiger partial charge in [0.15, 0.2) is 0 Å². The van der Waals surface area contributed by atoms with Crippen molar-refractivity contribution < 1.29 is 25.2 Å². The highest BCUT2D eigenvalue weighted by Gasteiger charge is 2.88. The molecule has 7 fully saturated rings. The molecular formula is C85H98N2O5. The van der Waals surface area contributed by atoms with Crippen molar-refractivity contribution in [2.24, 2.45) is 109 Å². The van der Waals surface area contributed by atoms with E-state index in [9.17, 15) is 20.4 Å². The van der Waals surface area contributed by atoms with Crippen molar-refractivity contribution in [2.45, 2.75) is 173 Å². The van der Waals surface area contributed by atoms with Gasteiger partial charge in [0.25, 0.3) is 0 Å². The summed E-state index contributed by atoms with van der Waals surface area (Å²) in [5, 5.41) is 62.9. The molecule has 4 heterocycles. The first-order valence-corrected chi connectivity index (χ1v) is 37.2. The average molecular weight is 1230 g/mol. The number of aliphatic carboxylic acids is 1. The monoisotopic (exact) mass is 1230 g/mol. The van der Waals surface area contributed by atoms with Crippen LogP contribution in [0.5, 0.6) is 0 Å². The summed E-state index contributed by atoms with van der Waals surface area (Å²) < 4.78 is 0. The summed E-state index contributed by atoms with van der Waals surface area (Å²) in [6.45, 7) is 4.08. The van der Waals surface area contributed by atoms with E-state index < -0.39 is 45.8 Å². The predicted octanol–water partition coefficient (Wildman–Crippen LogP) is 15.1. The maximum atomic E-state index is 15.5. The van der Waals surface area contributed by atoms with Gasteiger partial charge in [-0.1, -0.05) is 171 Å². The van der Waals surface area contributed by atoms with Crippen LogP contribution in [-0.2, 0) is 17.6 Å². The number of aliphatic hydroxyl groups is 3. The first-order chi connectivity index (χ1) is 44.9. The van der Waals surface area contributed by atoms with Crippen LogP contribution in [-0.4, -0.2) is 51.7 Å². The third kappa shape index (κ3) is 7.25. The number of hydrogen-bond donors (Lipinski definition) is 6. The Labute approximate surface area is 545 Å². The Bertz CT molecular complexity index is 4000. The van der Waals surface area contributed by atoms with Crippen LogP contribution in [0.2, 0.25) is 0 Å². The van der Waals surface area contributed by atoms with Crippen LogP contribution in [0, 0.1) is 109 Å². The predicted molar refractivity (Wildman–Crippen MR) is 364 cm³/mol. The van der Waals surface area contributed by atoms with Crippen molar-refractivity contribution in [3.05, 3.63) is 195 Å². The van der Waals surface area contributed by atoms with E-state index in [1.807, 2.05) is 0 Å². The SMILES string of the molecule is CC12CC=CC34C=C5C6=c7ccccc7=C7C=CC(CC1O)C(C1=C8C3CCC3CC9(CCC(Cc%10ccccc%10)C9)C9C=CC%10(C(C(=O)O)CCC(=CO)C(C%11CCCCC%11)CCCNC%11=CC=C(CN%11)c%11cccc(c%11)C6)C(O)C6CCCC%10(CC1)C86C39)(C57)C42. The van der Waals surface area contributed by atoms with Gasteiger partial charge in [-0.3, -0.25) is 4.79 Å². The van der Waals surface area contributed by atoms with E-state index in [-0.39, 0.29) is 57.7 Å². The van der Waals surface area contributed by atoms with Gasteiger partial charge in [-0.05, 0) is 259 Å². The number of dihydropyridines is 1. The molecule has 20 atom stereocenters. The number of benzene rings is 3. The number of rotatable bonds is 4. The van der Waals surface area contributed by atoms with Crippen LogP contribution < -0.4 is 21.1 Å². The molecule has 16 bridgehead atoms. The maximum absolute atomic E-state index is 15.5. The summed E-state index contributed by atoms with van der Waals surface area (Å²) in [4.78, 5) is 15.5. The molecule has 92 heavy (non-hydrogen) atoms. The van der Waals surface area contributed by atoms with Crippen LogP contribution in [0.25, 0.3) is 16.7 Å². The largest absolute Gasteiger partial charge is 0.516 e. The Hall–Kier alpha value is -5.89. The molecule has 0 aromatic heterocycles. The van der Waals surface area contributed by atoms with Crippen LogP contribution in [0.4, 0.5) is 0 Å². The summed E-state index contributed by atoms with van der Waals surface area (Å²) >= 11 is 0. The molecule has 7 nitrogen and oxygen atoms in total. The normalized spacial score (nSPS) is 45.2. The second kappa shape index (κ2) is 20.6. The van der Waals surface area contributed by atoms with E-state index in [4.69, 9.17) is 0 Å². The zero-order valence-electron chi connectivity index (χ0n) is 54.4. The number of carbonyl (C=O) groups is 1.